The molecule has 2 rings (SSSR count). The Kier molecular flexibility index (Phi) is 3.65. The van der Waals surface area contributed by atoms with E-state index >= 15 is 0 Å². The van der Waals surface area contributed by atoms with Gasteiger partial charge in [-0.1, -0.05) is 0 Å². The molecule has 0 atom stereocenters. The molecule has 0 saturated heterocycles. The van der Waals surface area contributed by atoms with Crippen LogP contribution in [0.25, 0.3) is 0 Å². The summed E-state index contributed by atoms with van der Waals surface area (Å²) >= 11 is 1.13. The second kappa shape index (κ2) is 5.05. The Balaban J connectivity index is 2.21. The minimum atomic E-state index is -3.46. The largest absolute Gasteiger partial charge is 0.398 e. The first-order valence-electron chi connectivity index (χ1n) is 5.19. The van der Waals surface area contributed by atoms with E-state index < -0.39 is 10.0 Å². The number of aromatic nitrogens is 1. The fourth-order valence-corrected chi connectivity index (χ4v) is 3.90. The maximum absolute atomic E-state index is 12.2. The van der Waals surface area contributed by atoms with Gasteiger partial charge in [0.2, 0.25) is 0 Å². The van der Waals surface area contributed by atoms with Gasteiger partial charge in [-0.15, -0.1) is 11.3 Å². The highest BCUT2D eigenvalue weighted by atomic mass is 32.2. The topological polar surface area (TPSA) is 76.3 Å². The fourth-order valence-electron chi connectivity index (χ4n) is 1.45. The molecule has 0 radical (unpaired) electrons. The van der Waals surface area contributed by atoms with Gasteiger partial charge < -0.3 is 5.73 Å². The first kappa shape index (κ1) is 13.0. The molecule has 0 unspecified atom stereocenters. The predicted octanol–water partition coefficient (Wildman–Crippen LogP) is 1.55. The first-order valence-corrected chi connectivity index (χ1v) is 7.51. The summed E-state index contributed by atoms with van der Waals surface area (Å²) in [5.74, 6) is 0. The van der Waals surface area contributed by atoms with Gasteiger partial charge in [-0.2, -0.15) is 4.31 Å². The predicted molar refractivity (Wildman–Crippen MR) is 71.6 cm³/mol. The SMILES string of the molecule is CN(Cc1ccncc1)S(=O)(=O)c1cc(N)cs1. The number of nitrogen functional groups attached to an aromatic ring is 1. The Hall–Kier alpha value is -1.44. The molecule has 0 bridgehead atoms. The molecule has 2 aromatic heterocycles. The lowest BCUT2D eigenvalue weighted by molar-refractivity contribution is 0.468. The molecule has 0 fully saturated rings. The molecule has 96 valence electrons. The summed E-state index contributed by atoms with van der Waals surface area (Å²) < 4.78 is 26.0. The molecule has 0 aliphatic carbocycles. The summed E-state index contributed by atoms with van der Waals surface area (Å²) in [5.41, 5.74) is 6.91. The van der Waals surface area contributed by atoms with E-state index in [4.69, 9.17) is 5.73 Å². The highest BCUT2D eigenvalue weighted by Gasteiger charge is 2.22. The van der Waals surface area contributed by atoms with E-state index in [2.05, 4.69) is 4.98 Å². The molecule has 0 aliphatic rings. The summed E-state index contributed by atoms with van der Waals surface area (Å²) in [5, 5.41) is 1.62. The van der Waals surface area contributed by atoms with Crippen molar-refractivity contribution >= 4 is 27.0 Å². The van der Waals surface area contributed by atoms with Gasteiger partial charge in [0, 0.05) is 37.1 Å². The third-order valence-corrected chi connectivity index (χ3v) is 5.65. The summed E-state index contributed by atoms with van der Waals surface area (Å²) in [6.07, 6.45) is 3.28. The number of sulfonamides is 1. The number of thiophene rings is 1. The van der Waals surface area contributed by atoms with Crippen LogP contribution < -0.4 is 5.73 Å². The molecular formula is C11H13N3O2S2. The number of anilines is 1. The quantitative estimate of drug-likeness (QED) is 0.923. The molecular weight excluding hydrogens is 270 g/mol. The van der Waals surface area contributed by atoms with E-state index in [0.29, 0.717) is 12.2 Å². The molecule has 0 saturated carbocycles. The third kappa shape index (κ3) is 2.69. The highest BCUT2D eigenvalue weighted by Crippen LogP contribution is 2.25. The molecule has 2 heterocycles. The average Bonchev–Trinajstić information content (AvgIpc) is 2.78. The summed E-state index contributed by atoms with van der Waals surface area (Å²) in [6.45, 7) is 0.308. The summed E-state index contributed by atoms with van der Waals surface area (Å²) in [6, 6.07) is 5.05. The van der Waals surface area contributed by atoms with Crippen molar-refractivity contribution in [2.24, 2.45) is 0 Å². The minimum absolute atomic E-state index is 0.261. The van der Waals surface area contributed by atoms with Crippen LogP contribution in [0.1, 0.15) is 5.56 Å². The van der Waals surface area contributed by atoms with Crippen LogP contribution in [0.3, 0.4) is 0 Å². The Bertz CT molecular complexity index is 623. The van der Waals surface area contributed by atoms with Crippen molar-refractivity contribution in [1.29, 1.82) is 0 Å². The van der Waals surface area contributed by atoms with Gasteiger partial charge in [0.05, 0.1) is 0 Å². The van der Waals surface area contributed by atoms with Gasteiger partial charge in [-0.25, -0.2) is 8.42 Å². The van der Waals surface area contributed by atoms with Crippen LogP contribution in [-0.2, 0) is 16.6 Å². The highest BCUT2D eigenvalue weighted by molar-refractivity contribution is 7.91. The average molecular weight is 283 g/mol. The molecule has 2 N–H and O–H groups in total. The maximum Gasteiger partial charge on any atom is 0.252 e. The van der Waals surface area contributed by atoms with Crippen molar-refractivity contribution in [3.63, 3.8) is 0 Å². The first-order chi connectivity index (χ1) is 8.50. The van der Waals surface area contributed by atoms with Gasteiger partial charge in [-0.3, -0.25) is 4.98 Å². The number of hydrogen-bond acceptors (Lipinski definition) is 5. The van der Waals surface area contributed by atoms with Crippen LogP contribution >= 0.6 is 11.3 Å². The molecule has 5 nitrogen and oxygen atoms in total. The van der Waals surface area contributed by atoms with Gasteiger partial charge in [0.15, 0.2) is 0 Å². The van der Waals surface area contributed by atoms with Crippen LogP contribution in [0.2, 0.25) is 0 Å². The van der Waals surface area contributed by atoms with Crippen molar-refractivity contribution < 1.29 is 8.42 Å². The van der Waals surface area contributed by atoms with E-state index in [1.165, 1.54) is 10.4 Å². The van der Waals surface area contributed by atoms with Crippen LogP contribution in [0.4, 0.5) is 5.69 Å². The van der Waals surface area contributed by atoms with Gasteiger partial charge in [0.1, 0.15) is 4.21 Å². The molecule has 0 aliphatic heterocycles. The smallest absolute Gasteiger partial charge is 0.252 e. The van der Waals surface area contributed by atoms with Gasteiger partial charge in [0.25, 0.3) is 10.0 Å². The fraction of sp³-hybridized carbons (Fsp3) is 0.182. The zero-order valence-electron chi connectivity index (χ0n) is 9.78. The van der Waals surface area contributed by atoms with E-state index in [-0.39, 0.29) is 4.21 Å². The minimum Gasteiger partial charge on any atom is -0.398 e. The van der Waals surface area contributed by atoms with Crippen LogP contribution in [0.5, 0.6) is 0 Å². The van der Waals surface area contributed by atoms with Gasteiger partial charge >= 0.3 is 0 Å². The number of nitrogens with zero attached hydrogens (tertiary/aromatic N) is 2. The van der Waals surface area contributed by atoms with E-state index in [0.717, 1.165) is 16.9 Å². The Morgan fingerprint density at radius 1 is 1.39 bits per heavy atom. The second-order valence-electron chi connectivity index (χ2n) is 3.82. The van der Waals surface area contributed by atoms with Crippen molar-refractivity contribution in [3.8, 4) is 0 Å². The number of pyridine rings is 1. The van der Waals surface area contributed by atoms with Crippen molar-refractivity contribution in [1.82, 2.24) is 9.29 Å². The number of rotatable bonds is 4. The lowest BCUT2D eigenvalue weighted by atomic mass is 10.3. The molecule has 0 amide bonds. The Morgan fingerprint density at radius 2 is 2.06 bits per heavy atom. The van der Waals surface area contributed by atoms with Crippen LogP contribution in [-0.4, -0.2) is 24.8 Å². The van der Waals surface area contributed by atoms with Crippen molar-refractivity contribution in [3.05, 3.63) is 41.5 Å². The molecule has 7 heteroatoms. The van der Waals surface area contributed by atoms with Crippen LogP contribution in [0, 0.1) is 0 Å². The van der Waals surface area contributed by atoms with E-state index in [9.17, 15) is 8.42 Å². The van der Waals surface area contributed by atoms with Crippen LogP contribution in [0.15, 0.2) is 40.2 Å². The summed E-state index contributed by atoms with van der Waals surface area (Å²) in [7, 11) is -1.92. The zero-order valence-corrected chi connectivity index (χ0v) is 11.4. The van der Waals surface area contributed by atoms with Gasteiger partial charge in [-0.05, 0) is 23.8 Å². The lowest BCUT2D eigenvalue weighted by Crippen LogP contribution is -2.25. The molecule has 0 aromatic carbocycles. The van der Waals surface area contributed by atoms with Crippen molar-refractivity contribution in [2.75, 3.05) is 12.8 Å². The maximum atomic E-state index is 12.2. The standard InChI is InChI=1S/C11H13N3O2S2/c1-14(7-9-2-4-13-5-3-9)18(15,16)11-6-10(12)8-17-11/h2-6,8H,7,12H2,1H3. The molecule has 0 spiro atoms. The number of hydrogen-bond donors (Lipinski definition) is 1. The normalized spacial score (nSPS) is 11.9. The van der Waals surface area contributed by atoms with E-state index in [1.54, 1.807) is 37.0 Å². The third-order valence-electron chi connectivity index (χ3n) is 2.41. The molecule has 2 aromatic rings. The zero-order chi connectivity index (χ0) is 13.2. The lowest BCUT2D eigenvalue weighted by Gasteiger charge is -2.15. The Labute approximate surface area is 110 Å². The van der Waals surface area contributed by atoms with E-state index in [1.807, 2.05) is 0 Å². The molecule has 18 heavy (non-hydrogen) atoms. The monoisotopic (exact) mass is 283 g/mol. The summed E-state index contributed by atoms with van der Waals surface area (Å²) in [4.78, 5) is 3.89. The number of nitrogens with two attached hydrogens (primary N) is 1. The van der Waals surface area contributed by atoms with Crippen molar-refractivity contribution in [2.45, 2.75) is 10.8 Å². The Morgan fingerprint density at radius 3 is 2.61 bits per heavy atom. The second-order valence-corrected chi connectivity index (χ2v) is 7.00.